The van der Waals surface area contributed by atoms with Crippen LogP contribution in [0.5, 0.6) is 0 Å². The molecule has 25 heavy (non-hydrogen) atoms. The summed E-state index contributed by atoms with van der Waals surface area (Å²) in [6.45, 7) is 8.61. The SMILES string of the molecule is CCN(CC)CC(O)CON=C(C)Nc1cccc2ccccc12.Cl. The van der Waals surface area contributed by atoms with E-state index in [1.165, 1.54) is 5.39 Å². The Morgan fingerprint density at radius 2 is 1.84 bits per heavy atom. The summed E-state index contributed by atoms with van der Waals surface area (Å²) in [6, 6.07) is 14.3. The summed E-state index contributed by atoms with van der Waals surface area (Å²) in [5.41, 5.74) is 0.988. The lowest BCUT2D eigenvalue weighted by molar-refractivity contribution is 0.0207. The number of rotatable bonds is 8. The normalized spacial score (nSPS) is 12.8. The number of hydrogen-bond acceptors (Lipinski definition) is 4. The van der Waals surface area contributed by atoms with Gasteiger partial charge >= 0.3 is 0 Å². The number of aliphatic hydroxyl groups is 1. The lowest BCUT2D eigenvalue weighted by Gasteiger charge is -2.21. The van der Waals surface area contributed by atoms with Crippen LogP contribution in [-0.2, 0) is 4.84 Å². The van der Waals surface area contributed by atoms with Gasteiger partial charge in [0.15, 0.2) is 0 Å². The molecule has 2 aromatic rings. The molecule has 0 aliphatic heterocycles. The molecule has 2 N–H and O–H groups in total. The Hall–Kier alpha value is -1.82. The Morgan fingerprint density at radius 3 is 2.56 bits per heavy atom. The van der Waals surface area contributed by atoms with Crippen LogP contribution in [0.2, 0.25) is 0 Å². The molecule has 1 unspecified atom stereocenters. The minimum atomic E-state index is -0.543. The summed E-state index contributed by atoms with van der Waals surface area (Å²) in [4.78, 5) is 7.43. The standard InChI is InChI=1S/C19H27N3O2.ClH/c1-4-22(5-2)13-17(23)14-24-21-15(3)20-19-12-8-10-16-9-6-7-11-18(16)19;/h6-12,17,23H,4-5,13-14H2,1-3H3,(H,20,21);1H. The minimum absolute atomic E-state index is 0. The highest BCUT2D eigenvalue weighted by Crippen LogP contribution is 2.22. The van der Waals surface area contributed by atoms with E-state index >= 15 is 0 Å². The van der Waals surface area contributed by atoms with Gasteiger partial charge in [-0.15, -0.1) is 12.4 Å². The predicted octanol–water partition coefficient (Wildman–Crippen LogP) is 3.73. The molecule has 138 valence electrons. The number of hydrogen-bond donors (Lipinski definition) is 2. The number of benzene rings is 2. The van der Waals surface area contributed by atoms with E-state index in [2.05, 4.69) is 47.4 Å². The Balaban J connectivity index is 0.00000312. The molecule has 0 saturated carbocycles. The van der Waals surface area contributed by atoms with Crippen molar-refractivity contribution in [1.29, 1.82) is 0 Å². The second-order valence-electron chi connectivity index (χ2n) is 5.76. The third-order valence-corrected chi connectivity index (χ3v) is 3.94. The Bertz CT molecular complexity index is 669. The van der Waals surface area contributed by atoms with Crippen LogP contribution in [0.1, 0.15) is 20.8 Å². The highest BCUT2D eigenvalue weighted by molar-refractivity contribution is 6.03. The van der Waals surface area contributed by atoms with E-state index in [4.69, 9.17) is 4.84 Å². The van der Waals surface area contributed by atoms with Crippen LogP contribution in [0.25, 0.3) is 10.8 Å². The summed E-state index contributed by atoms with van der Waals surface area (Å²) in [6.07, 6.45) is -0.543. The van der Waals surface area contributed by atoms with E-state index in [-0.39, 0.29) is 19.0 Å². The first-order valence-corrected chi connectivity index (χ1v) is 8.45. The van der Waals surface area contributed by atoms with Crippen molar-refractivity contribution >= 4 is 34.7 Å². The number of nitrogens with zero attached hydrogens (tertiary/aromatic N) is 2. The molecule has 0 amide bonds. The lowest BCUT2D eigenvalue weighted by atomic mass is 10.1. The minimum Gasteiger partial charge on any atom is -0.392 e. The van der Waals surface area contributed by atoms with E-state index in [0.717, 1.165) is 24.2 Å². The number of aliphatic hydroxyl groups excluding tert-OH is 1. The highest BCUT2D eigenvalue weighted by atomic mass is 35.5. The van der Waals surface area contributed by atoms with Crippen LogP contribution in [0.15, 0.2) is 47.6 Å². The van der Waals surface area contributed by atoms with E-state index < -0.39 is 6.10 Å². The fourth-order valence-corrected chi connectivity index (χ4v) is 2.60. The van der Waals surface area contributed by atoms with E-state index in [0.29, 0.717) is 12.4 Å². The van der Waals surface area contributed by atoms with Crippen LogP contribution in [0.4, 0.5) is 5.69 Å². The zero-order valence-corrected chi connectivity index (χ0v) is 15.9. The van der Waals surface area contributed by atoms with Gasteiger partial charge in [0, 0.05) is 17.6 Å². The summed E-state index contributed by atoms with van der Waals surface area (Å²) in [5.74, 6) is 0.654. The largest absolute Gasteiger partial charge is 0.392 e. The first-order chi connectivity index (χ1) is 11.6. The van der Waals surface area contributed by atoms with Crippen LogP contribution in [0, 0.1) is 0 Å². The van der Waals surface area contributed by atoms with Gasteiger partial charge in [-0.2, -0.15) is 0 Å². The molecule has 5 nitrogen and oxygen atoms in total. The fraction of sp³-hybridized carbons (Fsp3) is 0.421. The van der Waals surface area contributed by atoms with Crippen molar-refractivity contribution in [2.75, 3.05) is 31.6 Å². The number of fused-ring (bicyclic) bond motifs is 1. The molecule has 2 rings (SSSR count). The monoisotopic (exact) mass is 365 g/mol. The average Bonchev–Trinajstić information content (AvgIpc) is 2.60. The summed E-state index contributed by atoms with van der Waals surface area (Å²) >= 11 is 0. The van der Waals surface area contributed by atoms with Crippen LogP contribution < -0.4 is 5.32 Å². The van der Waals surface area contributed by atoms with Crippen molar-refractivity contribution in [3.05, 3.63) is 42.5 Å². The van der Waals surface area contributed by atoms with Gasteiger partial charge in [-0.05, 0) is 31.5 Å². The second-order valence-corrected chi connectivity index (χ2v) is 5.76. The molecule has 0 aliphatic carbocycles. The molecule has 0 saturated heterocycles. The molecule has 6 heteroatoms. The predicted molar refractivity (Wildman–Crippen MR) is 108 cm³/mol. The van der Waals surface area contributed by atoms with Gasteiger partial charge in [0.05, 0.1) is 0 Å². The molecule has 0 aromatic heterocycles. The Labute approximate surface area is 156 Å². The zero-order chi connectivity index (χ0) is 17.4. The molecule has 2 aromatic carbocycles. The molecular formula is C19H28ClN3O2. The molecule has 1 atom stereocenters. The quantitative estimate of drug-likeness (QED) is 0.425. The number of likely N-dealkylation sites (N-methyl/N-ethyl adjacent to an activating group) is 1. The van der Waals surface area contributed by atoms with Crippen molar-refractivity contribution < 1.29 is 9.94 Å². The van der Waals surface area contributed by atoms with Gasteiger partial charge in [0.25, 0.3) is 0 Å². The maximum absolute atomic E-state index is 9.97. The van der Waals surface area contributed by atoms with Crippen LogP contribution in [0.3, 0.4) is 0 Å². The maximum Gasteiger partial charge on any atom is 0.144 e. The molecule has 0 spiro atoms. The number of halogens is 1. The molecule has 0 bridgehead atoms. The molecule has 0 heterocycles. The van der Waals surface area contributed by atoms with E-state index in [1.54, 1.807) is 0 Å². The smallest absolute Gasteiger partial charge is 0.144 e. The summed E-state index contributed by atoms with van der Waals surface area (Å²) in [7, 11) is 0. The Kier molecular flexibility index (Phi) is 9.27. The van der Waals surface area contributed by atoms with Crippen molar-refractivity contribution in [2.24, 2.45) is 5.16 Å². The van der Waals surface area contributed by atoms with Crippen molar-refractivity contribution in [3.8, 4) is 0 Å². The van der Waals surface area contributed by atoms with E-state index in [9.17, 15) is 5.11 Å². The van der Waals surface area contributed by atoms with Gasteiger partial charge < -0.3 is 20.2 Å². The van der Waals surface area contributed by atoms with Gasteiger partial charge in [-0.3, -0.25) is 0 Å². The zero-order valence-electron chi connectivity index (χ0n) is 15.1. The van der Waals surface area contributed by atoms with Crippen molar-refractivity contribution in [3.63, 3.8) is 0 Å². The first-order valence-electron chi connectivity index (χ1n) is 8.45. The lowest BCUT2D eigenvalue weighted by Crippen LogP contribution is -2.34. The van der Waals surface area contributed by atoms with Gasteiger partial charge in [-0.1, -0.05) is 55.4 Å². The summed E-state index contributed by atoms with van der Waals surface area (Å²) < 4.78 is 0. The van der Waals surface area contributed by atoms with Gasteiger partial charge in [0.2, 0.25) is 0 Å². The van der Waals surface area contributed by atoms with E-state index in [1.807, 2.05) is 31.2 Å². The van der Waals surface area contributed by atoms with Crippen LogP contribution >= 0.6 is 12.4 Å². The third-order valence-electron chi connectivity index (χ3n) is 3.94. The molecule has 0 radical (unpaired) electrons. The third kappa shape index (κ3) is 6.53. The number of amidine groups is 1. The van der Waals surface area contributed by atoms with Crippen molar-refractivity contribution in [2.45, 2.75) is 26.9 Å². The number of oxime groups is 1. The highest BCUT2D eigenvalue weighted by Gasteiger charge is 2.09. The van der Waals surface area contributed by atoms with Gasteiger partial charge in [0.1, 0.15) is 18.5 Å². The summed E-state index contributed by atoms with van der Waals surface area (Å²) in [5, 5.41) is 19.6. The average molecular weight is 366 g/mol. The molecule has 0 aliphatic rings. The fourth-order valence-electron chi connectivity index (χ4n) is 2.60. The molecular weight excluding hydrogens is 338 g/mol. The maximum atomic E-state index is 9.97. The Morgan fingerprint density at radius 1 is 1.16 bits per heavy atom. The number of nitrogens with one attached hydrogen (secondary N) is 1. The topological polar surface area (TPSA) is 57.1 Å². The first kappa shape index (κ1) is 21.2. The number of anilines is 1. The van der Waals surface area contributed by atoms with Gasteiger partial charge in [-0.25, -0.2) is 0 Å². The second kappa shape index (κ2) is 10.9. The molecule has 0 fully saturated rings. The van der Waals surface area contributed by atoms with Crippen molar-refractivity contribution in [1.82, 2.24) is 4.90 Å². The van der Waals surface area contributed by atoms with Crippen LogP contribution in [-0.4, -0.2) is 48.2 Å².